The van der Waals surface area contributed by atoms with Crippen LogP contribution in [0.2, 0.25) is 0 Å². The van der Waals surface area contributed by atoms with Gasteiger partial charge in [0.2, 0.25) is 0 Å². The van der Waals surface area contributed by atoms with Gasteiger partial charge in [-0.25, -0.2) is 0 Å². The molecule has 0 radical (unpaired) electrons. The van der Waals surface area contributed by atoms with E-state index in [0.717, 1.165) is 19.3 Å². The van der Waals surface area contributed by atoms with Crippen molar-refractivity contribution in [1.29, 1.82) is 0 Å². The Balaban J connectivity index is 1.64. The van der Waals surface area contributed by atoms with E-state index >= 15 is 0 Å². The van der Waals surface area contributed by atoms with Gasteiger partial charge in [0.1, 0.15) is 12.2 Å². The number of fused-ring (bicyclic) bond motifs is 1. The molecule has 5 nitrogen and oxygen atoms in total. The van der Waals surface area contributed by atoms with Gasteiger partial charge in [0.15, 0.2) is 0 Å². The van der Waals surface area contributed by atoms with Crippen LogP contribution < -0.4 is 0 Å². The van der Waals surface area contributed by atoms with Crippen molar-refractivity contribution < 1.29 is 24.2 Å². The quantitative estimate of drug-likeness (QED) is 0.778. The van der Waals surface area contributed by atoms with Crippen molar-refractivity contribution in [2.75, 3.05) is 0 Å². The number of aliphatic hydroxyl groups is 1. The molecule has 1 saturated heterocycles. The molecule has 1 fully saturated rings. The minimum Gasteiger partial charge on any atom is -0.462 e. The van der Waals surface area contributed by atoms with E-state index < -0.39 is 0 Å². The Morgan fingerprint density at radius 2 is 2.08 bits per heavy atom. The minimum atomic E-state index is -0.376. The topological polar surface area (TPSA) is 72.8 Å². The van der Waals surface area contributed by atoms with E-state index in [9.17, 15) is 14.7 Å². The van der Waals surface area contributed by atoms with E-state index in [1.54, 1.807) is 0 Å². The molecule has 7 atom stereocenters. The zero-order valence-electron chi connectivity index (χ0n) is 15.9. The van der Waals surface area contributed by atoms with Crippen molar-refractivity contribution in [1.82, 2.24) is 0 Å². The van der Waals surface area contributed by atoms with E-state index in [0.29, 0.717) is 24.2 Å². The largest absolute Gasteiger partial charge is 0.462 e. The summed E-state index contributed by atoms with van der Waals surface area (Å²) in [6.07, 6.45) is 8.90. The summed E-state index contributed by atoms with van der Waals surface area (Å²) in [4.78, 5) is 23.0. The van der Waals surface area contributed by atoms with Crippen molar-refractivity contribution in [3.8, 4) is 0 Å². The van der Waals surface area contributed by atoms with Gasteiger partial charge in [-0.15, -0.1) is 0 Å². The van der Waals surface area contributed by atoms with E-state index in [1.807, 2.05) is 0 Å². The molecule has 0 saturated carbocycles. The van der Waals surface area contributed by atoms with Gasteiger partial charge in [0.25, 0.3) is 0 Å². The molecule has 0 aromatic rings. The maximum absolute atomic E-state index is 11.8. The van der Waals surface area contributed by atoms with Crippen LogP contribution in [0.5, 0.6) is 0 Å². The van der Waals surface area contributed by atoms with Gasteiger partial charge < -0.3 is 14.6 Å². The zero-order chi connectivity index (χ0) is 18.8. The van der Waals surface area contributed by atoms with Crippen LogP contribution in [0.15, 0.2) is 23.8 Å². The Hall–Kier alpha value is -1.62. The van der Waals surface area contributed by atoms with Gasteiger partial charge >= 0.3 is 11.9 Å². The number of cyclic esters (lactones) is 1. The monoisotopic (exact) mass is 362 g/mol. The van der Waals surface area contributed by atoms with Crippen molar-refractivity contribution in [3.63, 3.8) is 0 Å². The average molecular weight is 362 g/mol. The number of ether oxygens (including phenoxy) is 2. The fraction of sp³-hybridized carbons (Fsp3) is 0.714. The van der Waals surface area contributed by atoms with Gasteiger partial charge in [-0.1, -0.05) is 32.1 Å². The number of hydrogen-bond donors (Lipinski definition) is 1. The van der Waals surface area contributed by atoms with Crippen molar-refractivity contribution in [2.45, 2.75) is 71.2 Å². The highest BCUT2D eigenvalue weighted by atomic mass is 16.6. The van der Waals surface area contributed by atoms with E-state index in [2.05, 4.69) is 32.1 Å². The summed E-state index contributed by atoms with van der Waals surface area (Å²) < 4.78 is 10.7. The number of rotatable bonds is 4. The average Bonchev–Trinajstić information content (AvgIpc) is 2.53. The number of esters is 2. The van der Waals surface area contributed by atoms with E-state index in [-0.39, 0.29) is 42.6 Å². The molecule has 0 aromatic carbocycles. The molecule has 5 heteroatoms. The lowest BCUT2D eigenvalue weighted by atomic mass is 9.65. The number of hydrogen-bond acceptors (Lipinski definition) is 5. The predicted octanol–water partition coefficient (Wildman–Crippen LogP) is 3.17. The zero-order valence-corrected chi connectivity index (χ0v) is 15.9. The van der Waals surface area contributed by atoms with Crippen molar-refractivity contribution in [2.24, 2.45) is 23.7 Å². The normalized spacial score (nSPS) is 39.6. The SMILES string of the molecule is CC(=O)OC1CC(=O)OC(CC[C@@H]2C3C(=C[C@H](C)C[C@@H]3O)C=C[C@@H]2C)C1. The van der Waals surface area contributed by atoms with E-state index in [4.69, 9.17) is 9.47 Å². The lowest BCUT2D eigenvalue weighted by Crippen LogP contribution is -2.39. The van der Waals surface area contributed by atoms with Crippen LogP contribution in [0, 0.1) is 23.7 Å². The molecule has 144 valence electrons. The van der Waals surface area contributed by atoms with Crippen LogP contribution in [0.1, 0.15) is 52.9 Å². The van der Waals surface area contributed by atoms with Crippen LogP contribution in [-0.2, 0) is 19.1 Å². The molecular formula is C21H30O5. The molecule has 0 aromatic heterocycles. The third kappa shape index (κ3) is 4.37. The summed E-state index contributed by atoms with van der Waals surface area (Å²) in [5.74, 6) is 0.624. The van der Waals surface area contributed by atoms with Gasteiger partial charge in [-0.05, 0) is 42.6 Å². The Kier molecular flexibility index (Phi) is 5.86. The van der Waals surface area contributed by atoms with Gasteiger partial charge in [0, 0.05) is 19.3 Å². The van der Waals surface area contributed by atoms with Crippen molar-refractivity contribution >= 4 is 11.9 Å². The molecule has 1 aliphatic heterocycles. The highest BCUT2D eigenvalue weighted by Gasteiger charge is 2.39. The first kappa shape index (κ1) is 19.2. The molecule has 3 aliphatic rings. The fourth-order valence-electron chi connectivity index (χ4n) is 4.86. The second-order valence-electron chi connectivity index (χ2n) is 8.22. The van der Waals surface area contributed by atoms with E-state index in [1.165, 1.54) is 12.5 Å². The van der Waals surface area contributed by atoms with Crippen LogP contribution >= 0.6 is 0 Å². The summed E-state index contributed by atoms with van der Waals surface area (Å²) >= 11 is 0. The number of aliphatic hydroxyl groups excluding tert-OH is 1. The second kappa shape index (κ2) is 7.95. The molecule has 3 unspecified atom stereocenters. The first-order valence-corrected chi connectivity index (χ1v) is 9.78. The first-order valence-electron chi connectivity index (χ1n) is 9.78. The van der Waals surface area contributed by atoms with Crippen LogP contribution in [-0.4, -0.2) is 35.4 Å². The molecule has 1 heterocycles. The molecule has 0 bridgehead atoms. The number of carbonyl (C=O) groups excluding carboxylic acids is 2. The Morgan fingerprint density at radius 3 is 2.81 bits per heavy atom. The summed E-state index contributed by atoms with van der Waals surface area (Å²) in [7, 11) is 0. The Labute approximate surface area is 155 Å². The second-order valence-corrected chi connectivity index (χ2v) is 8.22. The molecule has 1 N–H and O–H groups in total. The summed E-state index contributed by atoms with van der Waals surface area (Å²) in [5, 5.41) is 10.7. The maximum atomic E-state index is 11.8. The minimum absolute atomic E-state index is 0.144. The highest BCUT2D eigenvalue weighted by Crippen LogP contribution is 2.44. The predicted molar refractivity (Wildman–Crippen MR) is 97.1 cm³/mol. The smallest absolute Gasteiger partial charge is 0.309 e. The van der Waals surface area contributed by atoms with Gasteiger partial charge in [-0.3, -0.25) is 9.59 Å². The summed E-state index contributed by atoms with van der Waals surface area (Å²) in [5.41, 5.74) is 1.25. The summed E-state index contributed by atoms with van der Waals surface area (Å²) in [6.45, 7) is 5.70. The molecule has 26 heavy (non-hydrogen) atoms. The van der Waals surface area contributed by atoms with Gasteiger partial charge in [0.05, 0.1) is 12.5 Å². The van der Waals surface area contributed by atoms with Crippen LogP contribution in [0.3, 0.4) is 0 Å². The van der Waals surface area contributed by atoms with Crippen LogP contribution in [0.4, 0.5) is 0 Å². The molecule has 0 amide bonds. The Morgan fingerprint density at radius 1 is 1.31 bits per heavy atom. The third-order valence-corrected chi connectivity index (χ3v) is 5.99. The fourth-order valence-corrected chi connectivity index (χ4v) is 4.86. The standard InChI is InChI=1S/C21H30O5/c1-12-8-15-5-4-13(2)18(21(15)19(23)9-12)7-6-16-10-17(25-14(3)22)11-20(24)26-16/h4-5,8,12-13,16-19,21,23H,6-7,9-11H2,1-3H3/t12-,13-,16?,17?,18-,19-,21?/m0/s1. The van der Waals surface area contributed by atoms with Crippen LogP contribution in [0.25, 0.3) is 0 Å². The molecule has 0 spiro atoms. The van der Waals surface area contributed by atoms with Gasteiger partial charge in [-0.2, -0.15) is 0 Å². The lowest BCUT2D eigenvalue weighted by Gasteiger charge is -2.42. The molecular weight excluding hydrogens is 332 g/mol. The maximum Gasteiger partial charge on any atom is 0.309 e. The summed E-state index contributed by atoms with van der Waals surface area (Å²) in [6, 6.07) is 0. The third-order valence-electron chi connectivity index (χ3n) is 5.99. The first-order chi connectivity index (χ1) is 12.3. The number of carbonyl (C=O) groups is 2. The highest BCUT2D eigenvalue weighted by molar-refractivity contribution is 5.72. The van der Waals surface area contributed by atoms with Crippen molar-refractivity contribution in [3.05, 3.63) is 23.8 Å². The molecule has 3 rings (SSSR count). The molecule has 2 aliphatic carbocycles. The number of allylic oxidation sites excluding steroid dienone is 3. The Bertz CT molecular complexity index is 606. The lowest BCUT2D eigenvalue weighted by molar-refractivity contribution is -0.168.